The molecule has 122 valence electrons. The van der Waals surface area contributed by atoms with Gasteiger partial charge in [-0.05, 0) is 48.1 Å². The summed E-state index contributed by atoms with van der Waals surface area (Å²) in [6, 6.07) is 26.0. The van der Waals surface area contributed by atoms with E-state index in [4.69, 9.17) is 0 Å². The van der Waals surface area contributed by atoms with Gasteiger partial charge in [0.05, 0.1) is 0 Å². The minimum absolute atomic E-state index is 0. The highest BCUT2D eigenvalue weighted by atomic mass is 14.7. The van der Waals surface area contributed by atoms with Gasteiger partial charge in [-0.25, -0.2) is 0 Å². The Hall–Kier alpha value is -2.45. The number of rotatable bonds is 4. The van der Waals surface area contributed by atoms with Crippen LogP contribution in [0, 0.1) is 0 Å². The summed E-state index contributed by atoms with van der Waals surface area (Å²) in [7, 11) is 0. The maximum Gasteiger partial charge on any atom is 0.0412 e. The second-order valence-electron chi connectivity index (χ2n) is 6.58. The highest BCUT2D eigenvalue weighted by molar-refractivity contribution is 5.63. The van der Waals surface area contributed by atoms with Crippen LogP contribution in [0.1, 0.15) is 30.5 Å². The van der Waals surface area contributed by atoms with E-state index in [1.807, 2.05) is 12.3 Å². The molecule has 0 spiro atoms. The first-order valence-corrected chi connectivity index (χ1v) is 8.42. The Labute approximate surface area is 144 Å². The van der Waals surface area contributed by atoms with Gasteiger partial charge in [0, 0.05) is 17.3 Å². The van der Waals surface area contributed by atoms with E-state index in [2.05, 4.69) is 71.7 Å². The fraction of sp³-hybridized carbons (Fsp3) is 0.227. The molecule has 1 aliphatic rings. The molecule has 2 aromatic carbocycles. The molecular weight excluding hydrogens is 292 g/mol. The quantitative estimate of drug-likeness (QED) is 0.683. The first-order valence-electron chi connectivity index (χ1n) is 8.42. The van der Waals surface area contributed by atoms with Crippen molar-refractivity contribution in [3.05, 3.63) is 90.3 Å². The number of benzene rings is 2. The third-order valence-corrected chi connectivity index (χ3v) is 5.16. The van der Waals surface area contributed by atoms with Crippen LogP contribution in [0.5, 0.6) is 0 Å². The van der Waals surface area contributed by atoms with E-state index in [1.54, 1.807) is 0 Å². The third kappa shape index (κ3) is 3.10. The lowest BCUT2D eigenvalue weighted by Crippen LogP contribution is -2.36. The van der Waals surface area contributed by atoms with Gasteiger partial charge in [0.1, 0.15) is 0 Å². The molecule has 1 fully saturated rings. The lowest BCUT2D eigenvalue weighted by atomic mass is 9.62. The molecule has 0 radical (unpaired) electrons. The molecule has 0 bridgehead atoms. The number of hydrogen-bond donors (Lipinski definition) is 1. The van der Waals surface area contributed by atoms with E-state index < -0.39 is 0 Å². The van der Waals surface area contributed by atoms with Gasteiger partial charge < -0.3 is 6.15 Å². The highest BCUT2D eigenvalue weighted by Gasteiger charge is 2.38. The summed E-state index contributed by atoms with van der Waals surface area (Å²) in [5.41, 5.74) is 5.55. The minimum Gasteiger partial charge on any atom is -0.344 e. The van der Waals surface area contributed by atoms with Crippen molar-refractivity contribution in [1.29, 1.82) is 0 Å². The number of nitrogens with zero attached hydrogens (tertiary/aromatic N) is 1. The molecule has 0 amide bonds. The van der Waals surface area contributed by atoms with Crippen LogP contribution in [0.25, 0.3) is 11.1 Å². The van der Waals surface area contributed by atoms with Crippen molar-refractivity contribution in [1.82, 2.24) is 11.1 Å². The van der Waals surface area contributed by atoms with Crippen LogP contribution in [-0.4, -0.2) is 4.98 Å². The van der Waals surface area contributed by atoms with Crippen molar-refractivity contribution in [2.24, 2.45) is 0 Å². The zero-order valence-electron chi connectivity index (χ0n) is 14.0. The molecule has 1 aliphatic carbocycles. The molecule has 1 aromatic heterocycles. The van der Waals surface area contributed by atoms with Crippen molar-refractivity contribution in [2.45, 2.75) is 31.1 Å². The molecule has 1 saturated carbocycles. The number of hydrogen-bond acceptors (Lipinski definition) is 2. The van der Waals surface area contributed by atoms with Crippen molar-refractivity contribution >= 4 is 0 Å². The van der Waals surface area contributed by atoms with Crippen molar-refractivity contribution < 1.29 is 0 Å². The maximum absolute atomic E-state index is 4.54. The van der Waals surface area contributed by atoms with Crippen LogP contribution in [0.3, 0.4) is 0 Å². The Morgan fingerprint density at radius 2 is 1.42 bits per heavy atom. The molecule has 1 heterocycles. The van der Waals surface area contributed by atoms with Crippen molar-refractivity contribution in [3.8, 4) is 11.1 Å². The maximum atomic E-state index is 4.54. The molecule has 0 atom stereocenters. The summed E-state index contributed by atoms with van der Waals surface area (Å²) in [5.74, 6) is 0. The van der Waals surface area contributed by atoms with Crippen LogP contribution in [-0.2, 0) is 11.8 Å². The number of pyridine rings is 1. The SMILES string of the molecule is N.c1ccc(-c2ccc(C3(Cc4ccccn4)CCC3)cc2)cc1. The van der Waals surface area contributed by atoms with E-state index in [-0.39, 0.29) is 6.15 Å². The Bertz CT molecular complexity index is 760. The second kappa shape index (κ2) is 6.98. The molecule has 3 N–H and O–H groups in total. The van der Waals surface area contributed by atoms with E-state index in [0.717, 1.165) is 6.42 Å². The van der Waals surface area contributed by atoms with E-state index in [9.17, 15) is 0 Å². The molecule has 0 aliphatic heterocycles. The van der Waals surface area contributed by atoms with Gasteiger partial charge in [-0.2, -0.15) is 0 Å². The second-order valence-corrected chi connectivity index (χ2v) is 6.58. The van der Waals surface area contributed by atoms with Crippen LogP contribution in [0.2, 0.25) is 0 Å². The predicted octanol–water partition coefficient (Wildman–Crippen LogP) is 5.58. The fourth-order valence-corrected chi connectivity index (χ4v) is 3.67. The van der Waals surface area contributed by atoms with Crippen LogP contribution in [0.4, 0.5) is 0 Å². The first kappa shape index (κ1) is 16.4. The zero-order chi connectivity index (χ0) is 15.5. The predicted molar refractivity (Wildman–Crippen MR) is 100 cm³/mol. The monoisotopic (exact) mass is 316 g/mol. The summed E-state index contributed by atoms with van der Waals surface area (Å²) in [6.45, 7) is 0. The Morgan fingerprint density at radius 1 is 0.750 bits per heavy atom. The fourth-order valence-electron chi connectivity index (χ4n) is 3.67. The van der Waals surface area contributed by atoms with E-state index in [0.29, 0.717) is 5.41 Å². The summed E-state index contributed by atoms with van der Waals surface area (Å²) in [6.07, 6.45) is 6.83. The molecule has 24 heavy (non-hydrogen) atoms. The summed E-state index contributed by atoms with van der Waals surface area (Å²) < 4.78 is 0. The van der Waals surface area contributed by atoms with Crippen LogP contribution in [0.15, 0.2) is 79.0 Å². The zero-order valence-corrected chi connectivity index (χ0v) is 14.0. The molecule has 2 heteroatoms. The molecule has 2 nitrogen and oxygen atoms in total. The smallest absolute Gasteiger partial charge is 0.0412 e. The largest absolute Gasteiger partial charge is 0.344 e. The van der Waals surface area contributed by atoms with Crippen LogP contribution < -0.4 is 6.15 Å². The Morgan fingerprint density at radius 3 is 2.00 bits per heavy atom. The molecule has 4 rings (SSSR count). The molecule has 0 saturated heterocycles. The standard InChI is InChI=1S/C22H21N.H3N/c1-2-7-18(8-3-1)19-10-12-20(13-11-19)22(14-6-15-22)17-21-9-4-5-16-23-21;/h1-5,7-13,16H,6,14-15,17H2;1H3. The third-order valence-electron chi connectivity index (χ3n) is 5.16. The van der Waals surface area contributed by atoms with Gasteiger partial charge in [0.15, 0.2) is 0 Å². The van der Waals surface area contributed by atoms with Gasteiger partial charge >= 0.3 is 0 Å². The summed E-state index contributed by atoms with van der Waals surface area (Å²) in [4.78, 5) is 4.54. The molecular formula is C22H24N2. The number of aromatic nitrogens is 1. The molecule has 0 unspecified atom stereocenters. The van der Waals surface area contributed by atoms with E-state index in [1.165, 1.54) is 41.6 Å². The average molecular weight is 316 g/mol. The van der Waals surface area contributed by atoms with Gasteiger partial charge in [0.2, 0.25) is 0 Å². The normalized spacial score (nSPS) is 15.2. The van der Waals surface area contributed by atoms with Gasteiger partial charge in [-0.3, -0.25) is 4.98 Å². The van der Waals surface area contributed by atoms with E-state index >= 15 is 0 Å². The van der Waals surface area contributed by atoms with Crippen molar-refractivity contribution in [3.63, 3.8) is 0 Å². The van der Waals surface area contributed by atoms with Crippen molar-refractivity contribution in [2.75, 3.05) is 0 Å². The van der Waals surface area contributed by atoms with Gasteiger partial charge in [-0.15, -0.1) is 0 Å². The van der Waals surface area contributed by atoms with Gasteiger partial charge in [0.25, 0.3) is 0 Å². The Kier molecular flexibility index (Phi) is 4.77. The minimum atomic E-state index is 0. The topological polar surface area (TPSA) is 47.9 Å². The summed E-state index contributed by atoms with van der Waals surface area (Å²) >= 11 is 0. The highest BCUT2D eigenvalue weighted by Crippen LogP contribution is 2.46. The average Bonchev–Trinajstić information content (AvgIpc) is 2.60. The summed E-state index contributed by atoms with van der Waals surface area (Å²) in [5, 5.41) is 0. The lowest BCUT2D eigenvalue weighted by Gasteiger charge is -2.42. The van der Waals surface area contributed by atoms with Crippen LogP contribution >= 0.6 is 0 Å². The lowest BCUT2D eigenvalue weighted by molar-refractivity contribution is 0.240. The van der Waals surface area contributed by atoms with Gasteiger partial charge in [-0.1, -0.05) is 67.1 Å². The first-order chi connectivity index (χ1) is 11.4. The molecule has 3 aromatic rings. The Balaban J connectivity index is 0.00000169.